The molecule has 126 valence electrons. The zero-order valence-corrected chi connectivity index (χ0v) is 14.2. The first kappa shape index (κ1) is 17.9. The molecule has 2 aromatic carbocycles. The molecule has 0 bridgehead atoms. The molecule has 0 saturated carbocycles. The summed E-state index contributed by atoms with van der Waals surface area (Å²) in [5.74, 6) is 1.34. The van der Waals surface area contributed by atoms with E-state index in [-0.39, 0.29) is 23.4 Å². The van der Waals surface area contributed by atoms with Crippen molar-refractivity contribution in [2.45, 2.75) is 6.92 Å². The summed E-state index contributed by atoms with van der Waals surface area (Å²) in [6.07, 6.45) is 0. The predicted octanol–water partition coefficient (Wildman–Crippen LogP) is 3.71. The minimum atomic E-state index is -0.308. The minimum Gasteiger partial charge on any atom is -0.465 e. The second-order valence-corrected chi connectivity index (χ2v) is 5.77. The number of esters is 1. The molecule has 0 aliphatic carbocycles. The summed E-state index contributed by atoms with van der Waals surface area (Å²) in [4.78, 5) is 23.0. The lowest BCUT2D eigenvalue weighted by Gasteiger charge is -2.08. The van der Waals surface area contributed by atoms with Crippen LogP contribution in [0.15, 0.2) is 54.6 Å². The van der Waals surface area contributed by atoms with E-state index in [0.717, 1.165) is 5.75 Å². The van der Waals surface area contributed by atoms with Crippen LogP contribution in [0.25, 0.3) is 0 Å². The van der Waals surface area contributed by atoms with Crippen molar-refractivity contribution in [2.24, 2.45) is 0 Å². The van der Waals surface area contributed by atoms with Gasteiger partial charge >= 0.3 is 5.97 Å². The quantitative estimate of drug-likeness (QED) is 0.739. The van der Waals surface area contributed by atoms with Gasteiger partial charge in [0.1, 0.15) is 11.5 Å². The predicted molar refractivity (Wildman–Crippen MR) is 95.5 cm³/mol. The molecule has 0 aromatic heterocycles. The van der Waals surface area contributed by atoms with Crippen molar-refractivity contribution in [1.29, 1.82) is 0 Å². The molecule has 0 aliphatic rings. The average molecular weight is 345 g/mol. The molecule has 0 atom stereocenters. The lowest BCUT2D eigenvalue weighted by atomic mass is 10.3. The fraction of sp³-hybridized carbons (Fsp3) is 0.222. The van der Waals surface area contributed by atoms with E-state index >= 15 is 0 Å². The van der Waals surface area contributed by atoms with Crippen LogP contribution < -0.4 is 10.1 Å². The summed E-state index contributed by atoms with van der Waals surface area (Å²) in [6, 6.07) is 16.6. The van der Waals surface area contributed by atoms with Gasteiger partial charge in [0.25, 0.3) is 0 Å². The monoisotopic (exact) mass is 345 g/mol. The maximum Gasteiger partial charge on any atom is 0.315 e. The lowest BCUT2D eigenvalue weighted by molar-refractivity contribution is -0.139. The molecule has 0 saturated heterocycles. The number of carbonyl (C=O) groups is 2. The third kappa shape index (κ3) is 6.34. The summed E-state index contributed by atoms with van der Waals surface area (Å²) < 4.78 is 10.5. The Morgan fingerprint density at radius 3 is 2.29 bits per heavy atom. The summed E-state index contributed by atoms with van der Waals surface area (Å²) in [6.45, 7) is 2.10. The van der Waals surface area contributed by atoms with Crippen LogP contribution in [0.5, 0.6) is 11.5 Å². The molecule has 2 aromatic rings. The number of ether oxygens (including phenoxy) is 2. The van der Waals surface area contributed by atoms with Crippen LogP contribution in [0.4, 0.5) is 5.69 Å². The molecule has 0 radical (unpaired) electrons. The Morgan fingerprint density at radius 1 is 0.958 bits per heavy atom. The van der Waals surface area contributed by atoms with Gasteiger partial charge in [0.05, 0.1) is 18.1 Å². The van der Waals surface area contributed by atoms with Crippen molar-refractivity contribution < 1.29 is 19.1 Å². The summed E-state index contributed by atoms with van der Waals surface area (Å²) in [7, 11) is 0. The average Bonchev–Trinajstić information content (AvgIpc) is 2.58. The van der Waals surface area contributed by atoms with Gasteiger partial charge in [-0.05, 0) is 43.3 Å². The Balaban J connectivity index is 1.76. The summed E-state index contributed by atoms with van der Waals surface area (Å²) >= 11 is 1.22. The van der Waals surface area contributed by atoms with E-state index in [1.165, 1.54) is 11.8 Å². The van der Waals surface area contributed by atoms with Gasteiger partial charge in [0, 0.05) is 5.69 Å². The largest absolute Gasteiger partial charge is 0.465 e. The molecular weight excluding hydrogens is 326 g/mol. The molecule has 2 rings (SSSR count). The third-order valence-electron chi connectivity index (χ3n) is 2.88. The van der Waals surface area contributed by atoms with Crippen molar-refractivity contribution in [3.8, 4) is 11.5 Å². The second kappa shape index (κ2) is 9.62. The second-order valence-electron chi connectivity index (χ2n) is 4.79. The highest BCUT2D eigenvalue weighted by molar-refractivity contribution is 8.00. The number of para-hydroxylation sites is 1. The number of anilines is 1. The van der Waals surface area contributed by atoms with Gasteiger partial charge in [-0.3, -0.25) is 9.59 Å². The normalized spacial score (nSPS) is 10.0. The van der Waals surface area contributed by atoms with Crippen LogP contribution in [-0.2, 0) is 14.3 Å². The number of hydrogen-bond donors (Lipinski definition) is 1. The van der Waals surface area contributed by atoms with Crippen LogP contribution in [0.2, 0.25) is 0 Å². The summed E-state index contributed by atoms with van der Waals surface area (Å²) in [5.41, 5.74) is 0.678. The van der Waals surface area contributed by atoms with Gasteiger partial charge in [0.2, 0.25) is 5.91 Å². The molecule has 0 aliphatic heterocycles. The molecular formula is C18H19NO4S. The van der Waals surface area contributed by atoms with E-state index in [1.807, 2.05) is 30.3 Å². The van der Waals surface area contributed by atoms with Crippen LogP contribution in [0.3, 0.4) is 0 Å². The van der Waals surface area contributed by atoms with Crippen molar-refractivity contribution in [3.63, 3.8) is 0 Å². The van der Waals surface area contributed by atoms with Crippen LogP contribution in [-0.4, -0.2) is 30.0 Å². The van der Waals surface area contributed by atoms with Gasteiger partial charge in [-0.1, -0.05) is 18.2 Å². The number of thioether (sulfide) groups is 1. The molecule has 6 heteroatoms. The molecule has 1 N–H and O–H groups in total. The van der Waals surface area contributed by atoms with E-state index < -0.39 is 0 Å². The Kier molecular flexibility index (Phi) is 7.17. The minimum absolute atomic E-state index is 0.166. The molecule has 1 amide bonds. The third-order valence-corrected chi connectivity index (χ3v) is 3.78. The van der Waals surface area contributed by atoms with Gasteiger partial charge in [0.15, 0.2) is 0 Å². The molecule has 5 nitrogen and oxygen atoms in total. The maximum atomic E-state index is 11.8. The number of benzene rings is 2. The van der Waals surface area contributed by atoms with E-state index in [2.05, 4.69) is 5.32 Å². The Morgan fingerprint density at radius 2 is 1.62 bits per heavy atom. The van der Waals surface area contributed by atoms with E-state index in [4.69, 9.17) is 9.47 Å². The van der Waals surface area contributed by atoms with Crippen LogP contribution >= 0.6 is 11.8 Å². The number of nitrogens with one attached hydrogen (secondary N) is 1. The van der Waals surface area contributed by atoms with Crippen molar-refractivity contribution >= 4 is 29.3 Å². The summed E-state index contributed by atoms with van der Waals surface area (Å²) in [5, 5.41) is 2.77. The highest BCUT2D eigenvalue weighted by Gasteiger charge is 2.06. The fourth-order valence-electron chi connectivity index (χ4n) is 1.86. The number of hydrogen-bond acceptors (Lipinski definition) is 5. The van der Waals surface area contributed by atoms with Crippen molar-refractivity contribution in [3.05, 3.63) is 54.6 Å². The molecule has 0 unspecified atom stereocenters. The zero-order chi connectivity index (χ0) is 17.2. The smallest absolute Gasteiger partial charge is 0.315 e. The van der Waals surface area contributed by atoms with E-state index in [9.17, 15) is 9.59 Å². The zero-order valence-electron chi connectivity index (χ0n) is 13.4. The van der Waals surface area contributed by atoms with Gasteiger partial charge < -0.3 is 14.8 Å². The van der Waals surface area contributed by atoms with E-state index in [1.54, 1.807) is 31.2 Å². The fourth-order valence-corrected chi connectivity index (χ4v) is 2.47. The Bertz CT molecular complexity index is 658. The Labute approximate surface area is 145 Å². The first-order valence-corrected chi connectivity index (χ1v) is 8.69. The van der Waals surface area contributed by atoms with Crippen molar-refractivity contribution in [1.82, 2.24) is 0 Å². The van der Waals surface area contributed by atoms with Gasteiger partial charge in [-0.2, -0.15) is 0 Å². The highest BCUT2D eigenvalue weighted by atomic mass is 32.2. The van der Waals surface area contributed by atoms with E-state index in [0.29, 0.717) is 18.0 Å². The lowest BCUT2D eigenvalue weighted by Crippen LogP contribution is -2.16. The number of amides is 1. The molecule has 0 spiro atoms. The first-order valence-electron chi connectivity index (χ1n) is 7.53. The van der Waals surface area contributed by atoms with Crippen LogP contribution in [0.1, 0.15) is 6.92 Å². The topological polar surface area (TPSA) is 64.6 Å². The van der Waals surface area contributed by atoms with Gasteiger partial charge in [-0.15, -0.1) is 11.8 Å². The highest BCUT2D eigenvalue weighted by Crippen LogP contribution is 2.22. The SMILES string of the molecule is CCOC(=O)CSCC(=O)Nc1ccc(Oc2ccccc2)cc1. The number of rotatable bonds is 8. The number of carbonyl (C=O) groups excluding carboxylic acids is 2. The molecule has 0 fully saturated rings. The first-order chi connectivity index (χ1) is 11.7. The van der Waals surface area contributed by atoms with Crippen LogP contribution in [0, 0.1) is 0 Å². The molecule has 0 heterocycles. The Hall–Kier alpha value is -2.47. The maximum absolute atomic E-state index is 11.8. The van der Waals surface area contributed by atoms with Crippen molar-refractivity contribution in [2.75, 3.05) is 23.4 Å². The van der Waals surface area contributed by atoms with Gasteiger partial charge in [-0.25, -0.2) is 0 Å². The standard InChI is InChI=1S/C18H19NO4S/c1-2-22-18(21)13-24-12-17(20)19-14-8-10-16(11-9-14)23-15-6-4-3-5-7-15/h3-11H,2,12-13H2,1H3,(H,19,20). The molecule has 24 heavy (non-hydrogen) atoms.